The van der Waals surface area contributed by atoms with Crippen molar-refractivity contribution in [2.24, 2.45) is 0 Å². The fourth-order valence-electron chi connectivity index (χ4n) is 1.49. The van der Waals surface area contributed by atoms with Gasteiger partial charge in [-0.2, -0.15) is 0 Å². The third kappa shape index (κ3) is 3.14. The Labute approximate surface area is 101 Å². The third-order valence-corrected chi connectivity index (χ3v) is 2.37. The van der Waals surface area contributed by atoms with Crippen molar-refractivity contribution in [1.29, 1.82) is 0 Å². The molecule has 0 fully saturated rings. The van der Waals surface area contributed by atoms with Gasteiger partial charge in [0.2, 0.25) is 0 Å². The average molecular weight is 231 g/mol. The van der Waals surface area contributed by atoms with Gasteiger partial charge in [-0.15, -0.1) is 0 Å². The highest BCUT2D eigenvalue weighted by atomic mass is 16.3. The summed E-state index contributed by atoms with van der Waals surface area (Å²) in [6.07, 6.45) is 1.76. The van der Waals surface area contributed by atoms with Gasteiger partial charge < -0.3 is 9.73 Å². The fraction of sp³-hybridized carbons (Fsp3) is 0.385. The van der Waals surface area contributed by atoms with E-state index in [1.165, 1.54) is 0 Å². The lowest BCUT2D eigenvalue weighted by molar-refractivity contribution is 0.543. The van der Waals surface area contributed by atoms with Gasteiger partial charge in [-0.05, 0) is 25.1 Å². The summed E-state index contributed by atoms with van der Waals surface area (Å²) in [6.45, 7) is 6.79. The number of rotatable bonds is 4. The van der Waals surface area contributed by atoms with Gasteiger partial charge in [-0.3, -0.25) is 0 Å². The Kier molecular flexibility index (Phi) is 3.54. The van der Waals surface area contributed by atoms with Crippen molar-refractivity contribution in [2.45, 2.75) is 33.4 Å². The molecular formula is C13H17N3O. The number of hydrogen-bond donors (Lipinski definition) is 1. The van der Waals surface area contributed by atoms with E-state index in [1.807, 2.05) is 25.1 Å². The first-order valence-electron chi connectivity index (χ1n) is 5.77. The molecular weight excluding hydrogens is 214 g/mol. The minimum absolute atomic E-state index is 0.424. The lowest BCUT2D eigenvalue weighted by atomic mass is 10.3. The van der Waals surface area contributed by atoms with Gasteiger partial charge in [-0.25, -0.2) is 9.97 Å². The Morgan fingerprint density at radius 1 is 1.29 bits per heavy atom. The second-order valence-electron chi connectivity index (χ2n) is 4.30. The van der Waals surface area contributed by atoms with Crippen LogP contribution in [0.15, 0.2) is 28.8 Å². The van der Waals surface area contributed by atoms with Crippen molar-refractivity contribution in [2.75, 3.05) is 0 Å². The number of aromatic nitrogens is 2. The molecule has 0 saturated heterocycles. The summed E-state index contributed by atoms with van der Waals surface area (Å²) < 4.78 is 5.54. The Morgan fingerprint density at radius 2 is 2.12 bits per heavy atom. The van der Waals surface area contributed by atoms with Crippen LogP contribution < -0.4 is 5.32 Å². The monoisotopic (exact) mass is 231 g/mol. The minimum atomic E-state index is 0.424. The van der Waals surface area contributed by atoms with E-state index >= 15 is 0 Å². The quantitative estimate of drug-likeness (QED) is 0.878. The van der Waals surface area contributed by atoms with E-state index in [0.29, 0.717) is 12.6 Å². The summed E-state index contributed by atoms with van der Waals surface area (Å²) in [5.74, 6) is 2.46. The number of aryl methyl sites for hydroxylation is 1. The van der Waals surface area contributed by atoms with Crippen molar-refractivity contribution >= 4 is 0 Å². The van der Waals surface area contributed by atoms with E-state index in [0.717, 1.165) is 23.0 Å². The van der Waals surface area contributed by atoms with Crippen molar-refractivity contribution in [1.82, 2.24) is 15.3 Å². The van der Waals surface area contributed by atoms with Crippen LogP contribution in [0, 0.1) is 6.92 Å². The summed E-state index contributed by atoms with van der Waals surface area (Å²) in [7, 11) is 0. The zero-order valence-corrected chi connectivity index (χ0v) is 10.4. The van der Waals surface area contributed by atoms with Crippen molar-refractivity contribution in [3.8, 4) is 11.5 Å². The first-order valence-corrected chi connectivity index (χ1v) is 5.77. The number of furan rings is 1. The predicted molar refractivity (Wildman–Crippen MR) is 66.4 cm³/mol. The van der Waals surface area contributed by atoms with Crippen molar-refractivity contribution in [3.05, 3.63) is 36.0 Å². The maximum atomic E-state index is 5.54. The zero-order valence-electron chi connectivity index (χ0n) is 10.4. The molecule has 0 amide bonds. The molecule has 17 heavy (non-hydrogen) atoms. The molecule has 0 aliphatic heterocycles. The highest BCUT2D eigenvalue weighted by Gasteiger charge is 2.06. The lowest BCUT2D eigenvalue weighted by Crippen LogP contribution is -2.23. The maximum absolute atomic E-state index is 5.54. The minimum Gasteiger partial charge on any atom is -0.460 e. The molecule has 0 spiro atoms. The molecule has 0 radical (unpaired) electrons. The topological polar surface area (TPSA) is 51.0 Å². The molecule has 2 heterocycles. The molecule has 4 heteroatoms. The Hall–Kier alpha value is -1.68. The molecule has 2 aromatic heterocycles. The predicted octanol–water partition coefficient (Wildman–Crippen LogP) is 2.54. The molecule has 2 rings (SSSR count). The van der Waals surface area contributed by atoms with E-state index in [9.17, 15) is 0 Å². The van der Waals surface area contributed by atoms with Crippen molar-refractivity contribution in [3.63, 3.8) is 0 Å². The van der Waals surface area contributed by atoms with E-state index in [1.54, 1.807) is 6.20 Å². The van der Waals surface area contributed by atoms with Crippen LogP contribution in [0.1, 0.15) is 25.4 Å². The van der Waals surface area contributed by atoms with Gasteiger partial charge in [0.15, 0.2) is 5.76 Å². The maximum Gasteiger partial charge on any atom is 0.152 e. The molecule has 0 aliphatic rings. The molecule has 0 bridgehead atoms. The van der Waals surface area contributed by atoms with Gasteiger partial charge in [-0.1, -0.05) is 13.8 Å². The van der Waals surface area contributed by atoms with Crippen LogP contribution in [0.4, 0.5) is 0 Å². The van der Waals surface area contributed by atoms with Gasteiger partial charge >= 0.3 is 0 Å². The molecule has 0 atom stereocenters. The molecule has 0 saturated carbocycles. The molecule has 0 aliphatic carbocycles. The van der Waals surface area contributed by atoms with Crippen LogP contribution in [0.5, 0.6) is 0 Å². The number of nitrogens with zero attached hydrogens (tertiary/aromatic N) is 2. The Balaban J connectivity index is 2.16. The Morgan fingerprint density at radius 3 is 2.76 bits per heavy atom. The van der Waals surface area contributed by atoms with Gasteiger partial charge in [0.05, 0.1) is 6.54 Å². The van der Waals surface area contributed by atoms with Crippen LogP contribution in [0.25, 0.3) is 11.5 Å². The van der Waals surface area contributed by atoms with Crippen molar-refractivity contribution < 1.29 is 4.42 Å². The van der Waals surface area contributed by atoms with E-state index in [4.69, 9.17) is 4.42 Å². The largest absolute Gasteiger partial charge is 0.460 e. The molecule has 0 unspecified atom stereocenters. The molecule has 0 aromatic carbocycles. The average Bonchev–Trinajstić information content (AvgIpc) is 2.74. The third-order valence-electron chi connectivity index (χ3n) is 2.37. The van der Waals surface area contributed by atoms with Gasteiger partial charge in [0.1, 0.15) is 17.3 Å². The van der Waals surface area contributed by atoms with Gasteiger partial charge in [0.25, 0.3) is 0 Å². The highest BCUT2D eigenvalue weighted by molar-refractivity contribution is 5.51. The standard InChI is InChI=1S/C13H17N3O/c1-9(2)15-8-13-14-7-6-11(16-13)12-5-4-10(3)17-12/h4-7,9,15H,8H2,1-3H3. The van der Waals surface area contributed by atoms with Gasteiger partial charge in [0, 0.05) is 12.2 Å². The summed E-state index contributed by atoms with van der Waals surface area (Å²) in [4.78, 5) is 8.69. The second kappa shape index (κ2) is 5.10. The summed E-state index contributed by atoms with van der Waals surface area (Å²) in [6, 6.07) is 6.14. The zero-order chi connectivity index (χ0) is 12.3. The molecule has 4 nitrogen and oxygen atoms in total. The summed E-state index contributed by atoms with van der Waals surface area (Å²) in [5.41, 5.74) is 0.827. The molecule has 90 valence electrons. The summed E-state index contributed by atoms with van der Waals surface area (Å²) >= 11 is 0. The van der Waals surface area contributed by atoms with Crippen LogP contribution in [-0.4, -0.2) is 16.0 Å². The van der Waals surface area contributed by atoms with Crippen LogP contribution in [-0.2, 0) is 6.54 Å². The highest BCUT2D eigenvalue weighted by Crippen LogP contribution is 2.19. The summed E-state index contributed by atoms with van der Waals surface area (Å²) in [5, 5.41) is 3.29. The van der Waals surface area contributed by atoms with E-state index < -0.39 is 0 Å². The second-order valence-corrected chi connectivity index (χ2v) is 4.30. The van der Waals surface area contributed by atoms with Crippen LogP contribution >= 0.6 is 0 Å². The van der Waals surface area contributed by atoms with Crippen LogP contribution in [0.2, 0.25) is 0 Å². The van der Waals surface area contributed by atoms with Crippen LogP contribution in [0.3, 0.4) is 0 Å². The molecule has 2 aromatic rings. The van der Waals surface area contributed by atoms with E-state index in [-0.39, 0.29) is 0 Å². The first kappa shape index (κ1) is 11.8. The Bertz CT molecular complexity index is 491. The number of nitrogens with one attached hydrogen (secondary N) is 1. The smallest absolute Gasteiger partial charge is 0.152 e. The lowest BCUT2D eigenvalue weighted by Gasteiger charge is -2.07. The first-order chi connectivity index (χ1) is 8.15. The number of hydrogen-bond acceptors (Lipinski definition) is 4. The fourth-order valence-corrected chi connectivity index (χ4v) is 1.49. The molecule has 1 N–H and O–H groups in total. The normalized spacial score (nSPS) is 11.1. The van der Waals surface area contributed by atoms with E-state index in [2.05, 4.69) is 29.1 Å². The SMILES string of the molecule is Cc1ccc(-c2ccnc(CNC(C)C)n2)o1.